The number of aliphatic hydroxyl groups excluding tert-OH is 1. The molecule has 1 aliphatic carbocycles. The fourth-order valence-corrected chi connectivity index (χ4v) is 2.89. The lowest BCUT2D eigenvalue weighted by atomic mass is 9.96. The average molecular weight is 294 g/mol. The first-order valence-electron chi connectivity index (χ1n) is 7.54. The molecule has 2 unspecified atom stereocenters. The molecule has 1 aromatic carbocycles. The molecule has 1 fully saturated rings. The third-order valence-electron chi connectivity index (χ3n) is 4.15. The van der Waals surface area contributed by atoms with Crippen LogP contribution in [0.15, 0.2) is 18.2 Å². The zero-order valence-corrected chi connectivity index (χ0v) is 12.4. The minimum absolute atomic E-state index is 0.00162. The summed E-state index contributed by atoms with van der Waals surface area (Å²) in [4.78, 5) is 12.1. The lowest BCUT2D eigenvalue weighted by molar-refractivity contribution is 0.182. The molecule has 116 valence electrons. The highest BCUT2D eigenvalue weighted by atomic mass is 19.1. The van der Waals surface area contributed by atoms with Crippen molar-refractivity contribution in [3.8, 4) is 0 Å². The predicted octanol–water partition coefficient (Wildman–Crippen LogP) is 3.20. The van der Waals surface area contributed by atoms with Crippen LogP contribution in [0.1, 0.15) is 37.7 Å². The molecule has 5 heteroatoms. The van der Waals surface area contributed by atoms with Crippen molar-refractivity contribution in [2.24, 2.45) is 5.92 Å². The number of rotatable bonds is 3. The number of nitrogens with one attached hydrogen (secondary N) is 2. The second-order valence-electron chi connectivity index (χ2n) is 5.74. The van der Waals surface area contributed by atoms with Crippen LogP contribution < -0.4 is 10.6 Å². The van der Waals surface area contributed by atoms with Crippen LogP contribution in [-0.2, 0) is 0 Å². The van der Waals surface area contributed by atoms with Gasteiger partial charge in [-0.05, 0) is 43.5 Å². The first-order valence-corrected chi connectivity index (χ1v) is 7.54. The van der Waals surface area contributed by atoms with E-state index >= 15 is 0 Å². The van der Waals surface area contributed by atoms with Crippen molar-refractivity contribution in [2.45, 2.75) is 45.1 Å². The third kappa shape index (κ3) is 4.43. The highest BCUT2D eigenvalue weighted by Crippen LogP contribution is 2.23. The van der Waals surface area contributed by atoms with Gasteiger partial charge in [-0.3, -0.25) is 0 Å². The van der Waals surface area contributed by atoms with Gasteiger partial charge in [-0.1, -0.05) is 19.3 Å². The molecule has 1 saturated carbocycles. The second-order valence-corrected chi connectivity index (χ2v) is 5.74. The summed E-state index contributed by atoms with van der Waals surface area (Å²) in [5, 5.41) is 15.1. The zero-order chi connectivity index (χ0) is 15.2. The van der Waals surface area contributed by atoms with Crippen LogP contribution in [0.3, 0.4) is 0 Å². The lowest BCUT2D eigenvalue weighted by Crippen LogP contribution is -2.43. The molecule has 0 spiro atoms. The smallest absolute Gasteiger partial charge is 0.319 e. The van der Waals surface area contributed by atoms with Gasteiger partial charge in [-0.2, -0.15) is 0 Å². The number of amides is 2. The van der Waals surface area contributed by atoms with Gasteiger partial charge in [0, 0.05) is 24.3 Å². The second kappa shape index (κ2) is 7.41. The molecule has 0 aromatic heterocycles. The molecular weight excluding hydrogens is 271 g/mol. The Hall–Kier alpha value is -1.62. The number of carbonyl (C=O) groups is 1. The molecule has 4 nitrogen and oxygen atoms in total. The maximum atomic E-state index is 13.0. The molecule has 21 heavy (non-hydrogen) atoms. The fourth-order valence-electron chi connectivity index (χ4n) is 2.89. The summed E-state index contributed by atoms with van der Waals surface area (Å²) < 4.78 is 13.0. The minimum atomic E-state index is -0.317. The minimum Gasteiger partial charge on any atom is -0.396 e. The molecule has 3 N–H and O–H groups in total. The number of halogens is 1. The van der Waals surface area contributed by atoms with Crippen LogP contribution in [0.25, 0.3) is 0 Å². The zero-order valence-electron chi connectivity index (χ0n) is 12.4. The van der Waals surface area contributed by atoms with Crippen molar-refractivity contribution in [3.63, 3.8) is 0 Å². The van der Waals surface area contributed by atoms with Crippen LogP contribution in [0.2, 0.25) is 0 Å². The lowest BCUT2D eigenvalue weighted by Gasteiger charge is -2.24. The number of aliphatic hydroxyl groups is 1. The number of carbonyl (C=O) groups excluding carboxylic acids is 1. The molecule has 2 rings (SSSR count). The molecule has 2 amide bonds. The van der Waals surface area contributed by atoms with Gasteiger partial charge < -0.3 is 15.7 Å². The highest BCUT2D eigenvalue weighted by molar-refractivity contribution is 5.90. The molecule has 1 aliphatic rings. The van der Waals surface area contributed by atoms with E-state index in [0.29, 0.717) is 11.3 Å². The van der Waals surface area contributed by atoms with Crippen molar-refractivity contribution >= 4 is 11.7 Å². The monoisotopic (exact) mass is 294 g/mol. The van der Waals surface area contributed by atoms with E-state index in [1.807, 2.05) is 0 Å². The van der Waals surface area contributed by atoms with Crippen molar-refractivity contribution in [1.82, 2.24) is 5.32 Å². The molecule has 0 radical (unpaired) electrons. The van der Waals surface area contributed by atoms with Crippen LogP contribution in [0.5, 0.6) is 0 Å². The maximum absolute atomic E-state index is 13.0. The summed E-state index contributed by atoms with van der Waals surface area (Å²) in [7, 11) is 0. The van der Waals surface area contributed by atoms with Crippen molar-refractivity contribution in [1.29, 1.82) is 0 Å². The topological polar surface area (TPSA) is 61.4 Å². The van der Waals surface area contributed by atoms with E-state index in [1.165, 1.54) is 12.1 Å². The van der Waals surface area contributed by atoms with Gasteiger partial charge in [-0.25, -0.2) is 9.18 Å². The molecule has 0 bridgehead atoms. The van der Waals surface area contributed by atoms with E-state index in [1.54, 1.807) is 13.0 Å². The van der Waals surface area contributed by atoms with E-state index < -0.39 is 0 Å². The van der Waals surface area contributed by atoms with Gasteiger partial charge in [0.2, 0.25) is 0 Å². The highest BCUT2D eigenvalue weighted by Gasteiger charge is 2.24. The van der Waals surface area contributed by atoms with Crippen LogP contribution in [0.4, 0.5) is 14.9 Å². The first kappa shape index (κ1) is 15.8. The molecular formula is C16H23FN2O2. The molecule has 1 aromatic rings. The summed E-state index contributed by atoms with van der Waals surface area (Å²) in [6.07, 6.45) is 5.14. The molecule has 0 aliphatic heterocycles. The molecule has 0 saturated heterocycles. The van der Waals surface area contributed by atoms with Gasteiger partial charge >= 0.3 is 6.03 Å². The Morgan fingerprint density at radius 2 is 2.10 bits per heavy atom. The Labute approximate surface area is 124 Å². The molecule has 0 heterocycles. The SMILES string of the molecule is Cc1cc(F)ccc1NC(=O)NC1CCCCCC1CO. The fraction of sp³-hybridized carbons (Fsp3) is 0.562. The Bertz CT molecular complexity index is 493. The van der Waals surface area contributed by atoms with E-state index in [4.69, 9.17) is 0 Å². The standard InChI is InChI=1S/C16H23FN2O2/c1-11-9-13(17)7-8-14(11)18-16(21)19-15-6-4-2-3-5-12(15)10-20/h7-9,12,15,20H,2-6,10H2,1H3,(H2,18,19,21). The van der Waals surface area contributed by atoms with E-state index in [2.05, 4.69) is 10.6 Å². The summed E-state index contributed by atoms with van der Waals surface area (Å²) in [6.45, 7) is 1.85. The van der Waals surface area contributed by atoms with Crippen molar-refractivity contribution < 1.29 is 14.3 Å². The maximum Gasteiger partial charge on any atom is 0.319 e. The summed E-state index contributed by atoms with van der Waals surface area (Å²) >= 11 is 0. The summed E-state index contributed by atoms with van der Waals surface area (Å²) in [6, 6.07) is 3.97. The number of hydrogen-bond acceptors (Lipinski definition) is 2. The number of anilines is 1. The Morgan fingerprint density at radius 1 is 1.33 bits per heavy atom. The number of hydrogen-bond donors (Lipinski definition) is 3. The van der Waals surface area contributed by atoms with Crippen LogP contribution in [-0.4, -0.2) is 23.8 Å². The Kier molecular flexibility index (Phi) is 5.56. The van der Waals surface area contributed by atoms with E-state index in [9.17, 15) is 14.3 Å². The van der Waals surface area contributed by atoms with Crippen LogP contribution >= 0.6 is 0 Å². The van der Waals surface area contributed by atoms with Gasteiger partial charge in [0.1, 0.15) is 5.82 Å². The first-order chi connectivity index (χ1) is 10.1. The van der Waals surface area contributed by atoms with Crippen molar-refractivity contribution in [2.75, 3.05) is 11.9 Å². The average Bonchev–Trinajstić information content (AvgIpc) is 2.67. The number of benzene rings is 1. The molecule has 2 atom stereocenters. The van der Waals surface area contributed by atoms with Crippen LogP contribution in [0, 0.1) is 18.7 Å². The van der Waals surface area contributed by atoms with Gasteiger partial charge in [-0.15, -0.1) is 0 Å². The quantitative estimate of drug-likeness (QED) is 0.750. The van der Waals surface area contributed by atoms with Crippen molar-refractivity contribution in [3.05, 3.63) is 29.6 Å². The van der Waals surface area contributed by atoms with Gasteiger partial charge in [0.25, 0.3) is 0 Å². The summed E-state index contributed by atoms with van der Waals surface area (Å²) in [5.41, 5.74) is 1.28. The normalized spacial score (nSPS) is 22.4. The van der Waals surface area contributed by atoms with E-state index in [-0.39, 0.29) is 30.4 Å². The third-order valence-corrected chi connectivity index (χ3v) is 4.15. The Morgan fingerprint density at radius 3 is 2.81 bits per heavy atom. The Balaban J connectivity index is 1.96. The number of urea groups is 1. The number of aryl methyl sites for hydroxylation is 1. The largest absolute Gasteiger partial charge is 0.396 e. The predicted molar refractivity (Wildman–Crippen MR) is 80.7 cm³/mol. The van der Waals surface area contributed by atoms with Gasteiger partial charge in [0.05, 0.1) is 0 Å². The van der Waals surface area contributed by atoms with Gasteiger partial charge in [0.15, 0.2) is 0 Å². The van der Waals surface area contributed by atoms with E-state index in [0.717, 1.165) is 32.1 Å². The summed E-state index contributed by atoms with van der Waals surface area (Å²) in [5.74, 6) is -0.199.